The SMILES string of the molecule is CCC(C#N)(COc1ccc2c(c1)CCCC2=O)NS(=O)(=O)Cc1ccccc1. The number of nitrogens with one attached hydrogen (secondary N) is 1. The van der Waals surface area contributed by atoms with Gasteiger partial charge in [0.2, 0.25) is 10.0 Å². The third kappa shape index (κ3) is 5.22. The fourth-order valence-corrected chi connectivity index (χ4v) is 4.93. The number of aryl methyl sites for hydroxylation is 1. The number of nitrogens with zero attached hydrogens (tertiary/aromatic N) is 1. The van der Waals surface area contributed by atoms with Gasteiger partial charge in [-0.1, -0.05) is 37.3 Å². The number of fused-ring (bicyclic) bond motifs is 1. The molecule has 1 unspecified atom stereocenters. The molecule has 0 heterocycles. The number of hydrogen-bond donors (Lipinski definition) is 1. The number of ketones is 1. The van der Waals surface area contributed by atoms with Crippen molar-refractivity contribution in [1.82, 2.24) is 4.72 Å². The molecule has 3 rings (SSSR count). The van der Waals surface area contributed by atoms with Crippen molar-refractivity contribution in [3.8, 4) is 11.8 Å². The van der Waals surface area contributed by atoms with Gasteiger partial charge in [-0.15, -0.1) is 0 Å². The molecule has 1 N–H and O–H groups in total. The summed E-state index contributed by atoms with van der Waals surface area (Å²) < 4.78 is 33.6. The molecule has 0 radical (unpaired) electrons. The number of sulfonamides is 1. The number of Topliss-reactive ketones (excluding diaryl/α,β-unsaturated/α-hetero) is 1. The summed E-state index contributed by atoms with van der Waals surface area (Å²) in [6, 6.07) is 16.1. The number of carbonyl (C=O) groups excluding carboxylic acids is 1. The summed E-state index contributed by atoms with van der Waals surface area (Å²) in [6.07, 6.45) is 2.43. The Hall–Kier alpha value is -2.69. The van der Waals surface area contributed by atoms with Gasteiger partial charge >= 0.3 is 0 Å². The molecule has 29 heavy (non-hydrogen) atoms. The van der Waals surface area contributed by atoms with Crippen LogP contribution >= 0.6 is 0 Å². The first-order valence-corrected chi connectivity index (χ1v) is 11.3. The second-order valence-electron chi connectivity index (χ2n) is 7.28. The van der Waals surface area contributed by atoms with Crippen LogP contribution < -0.4 is 9.46 Å². The second kappa shape index (κ2) is 8.76. The number of carbonyl (C=O) groups is 1. The van der Waals surface area contributed by atoms with E-state index in [-0.39, 0.29) is 24.6 Å². The molecule has 0 saturated heterocycles. The molecule has 0 saturated carbocycles. The summed E-state index contributed by atoms with van der Waals surface area (Å²) in [5.74, 6) is 0.443. The fraction of sp³-hybridized carbons (Fsp3) is 0.364. The molecule has 0 aromatic heterocycles. The van der Waals surface area contributed by atoms with E-state index in [1.807, 2.05) is 12.1 Å². The van der Waals surface area contributed by atoms with E-state index >= 15 is 0 Å². The van der Waals surface area contributed by atoms with E-state index in [9.17, 15) is 18.5 Å². The van der Waals surface area contributed by atoms with Crippen molar-refractivity contribution < 1.29 is 17.9 Å². The van der Waals surface area contributed by atoms with Gasteiger partial charge in [-0.05, 0) is 48.6 Å². The Bertz CT molecular complexity index is 1030. The predicted molar refractivity (Wildman–Crippen MR) is 110 cm³/mol. The van der Waals surface area contributed by atoms with Gasteiger partial charge in [-0.2, -0.15) is 9.98 Å². The quantitative estimate of drug-likeness (QED) is 0.717. The molecular weight excluding hydrogens is 388 g/mol. The monoisotopic (exact) mass is 412 g/mol. The maximum absolute atomic E-state index is 12.6. The van der Waals surface area contributed by atoms with Crippen LogP contribution in [0.1, 0.15) is 47.7 Å². The van der Waals surface area contributed by atoms with Crippen LogP contribution in [-0.4, -0.2) is 26.3 Å². The number of benzene rings is 2. The Kier molecular flexibility index (Phi) is 6.36. The van der Waals surface area contributed by atoms with Crippen LogP contribution in [0.2, 0.25) is 0 Å². The highest BCUT2D eigenvalue weighted by Gasteiger charge is 2.34. The molecule has 6 nitrogen and oxygen atoms in total. The van der Waals surface area contributed by atoms with Crippen molar-refractivity contribution in [2.24, 2.45) is 0 Å². The van der Waals surface area contributed by atoms with Gasteiger partial charge in [0.05, 0.1) is 11.8 Å². The highest BCUT2D eigenvalue weighted by atomic mass is 32.2. The van der Waals surface area contributed by atoms with Crippen molar-refractivity contribution in [3.05, 3.63) is 65.2 Å². The first kappa shape index (κ1) is 21.0. The number of ether oxygens (including phenoxy) is 1. The number of rotatable bonds is 8. The lowest BCUT2D eigenvalue weighted by molar-refractivity contribution is 0.0972. The topological polar surface area (TPSA) is 96.3 Å². The highest BCUT2D eigenvalue weighted by molar-refractivity contribution is 7.88. The Morgan fingerprint density at radius 2 is 1.93 bits per heavy atom. The zero-order valence-corrected chi connectivity index (χ0v) is 17.2. The fourth-order valence-electron chi connectivity index (χ4n) is 3.38. The molecule has 152 valence electrons. The summed E-state index contributed by atoms with van der Waals surface area (Å²) in [4.78, 5) is 12.0. The molecule has 2 aromatic rings. The smallest absolute Gasteiger partial charge is 0.217 e. The van der Waals surface area contributed by atoms with Gasteiger partial charge in [-0.25, -0.2) is 8.42 Å². The van der Waals surface area contributed by atoms with Gasteiger partial charge in [0.1, 0.15) is 12.4 Å². The van der Waals surface area contributed by atoms with Crippen LogP contribution in [-0.2, 0) is 22.2 Å². The summed E-state index contributed by atoms with van der Waals surface area (Å²) >= 11 is 0. The van der Waals surface area contributed by atoms with Gasteiger partial charge in [-0.3, -0.25) is 4.79 Å². The van der Waals surface area contributed by atoms with E-state index in [2.05, 4.69) is 10.8 Å². The molecule has 1 atom stereocenters. The van der Waals surface area contributed by atoms with Crippen LogP contribution in [0.5, 0.6) is 5.75 Å². The number of nitriles is 1. The van der Waals surface area contributed by atoms with Crippen molar-refractivity contribution in [2.45, 2.75) is 43.9 Å². The molecule has 0 amide bonds. The standard InChI is InChI=1S/C22H24N2O4S/c1-2-22(15-23,24-29(26,27)14-17-7-4-3-5-8-17)16-28-19-11-12-20-18(13-19)9-6-10-21(20)25/h3-5,7-8,11-13,24H,2,6,9-10,14,16H2,1H3. The maximum atomic E-state index is 12.6. The average Bonchev–Trinajstić information content (AvgIpc) is 2.71. The molecule has 1 aliphatic rings. The van der Waals surface area contributed by atoms with Crippen LogP contribution in [0.25, 0.3) is 0 Å². The average molecular weight is 413 g/mol. The molecular formula is C22H24N2O4S. The van der Waals surface area contributed by atoms with E-state index in [0.29, 0.717) is 23.3 Å². The van der Waals surface area contributed by atoms with Crippen molar-refractivity contribution in [1.29, 1.82) is 5.26 Å². The van der Waals surface area contributed by atoms with E-state index < -0.39 is 15.6 Å². The van der Waals surface area contributed by atoms with Crippen LogP contribution in [0.15, 0.2) is 48.5 Å². The molecule has 1 aliphatic carbocycles. The summed E-state index contributed by atoms with van der Waals surface area (Å²) in [5.41, 5.74) is 0.916. The minimum atomic E-state index is -3.74. The van der Waals surface area contributed by atoms with E-state index in [0.717, 1.165) is 18.4 Å². The third-order valence-electron chi connectivity index (χ3n) is 5.08. The van der Waals surface area contributed by atoms with E-state index in [1.165, 1.54) is 0 Å². The minimum absolute atomic E-state index is 0.124. The molecule has 2 aromatic carbocycles. The predicted octanol–water partition coefficient (Wildman–Crippen LogP) is 3.38. The van der Waals surface area contributed by atoms with Gasteiger partial charge in [0, 0.05) is 12.0 Å². The Morgan fingerprint density at radius 1 is 1.17 bits per heavy atom. The third-order valence-corrected chi connectivity index (χ3v) is 6.50. The number of hydrogen-bond acceptors (Lipinski definition) is 5. The first-order valence-electron chi connectivity index (χ1n) is 9.62. The largest absolute Gasteiger partial charge is 0.490 e. The Labute approximate surface area is 171 Å². The maximum Gasteiger partial charge on any atom is 0.217 e. The zero-order valence-electron chi connectivity index (χ0n) is 16.3. The molecule has 7 heteroatoms. The second-order valence-corrected chi connectivity index (χ2v) is 9.00. The molecule has 0 fully saturated rings. The van der Waals surface area contributed by atoms with Crippen LogP contribution in [0.4, 0.5) is 0 Å². The van der Waals surface area contributed by atoms with E-state index in [1.54, 1.807) is 43.3 Å². The summed E-state index contributed by atoms with van der Waals surface area (Å²) in [5, 5.41) is 9.71. The van der Waals surface area contributed by atoms with Crippen molar-refractivity contribution >= 4 is 15.8 Å². The highest BCUT2D eigenvalue weighted by Crippen LogP contribution is 2.26. The molecule has 0 spiro atoms. The van der Waals surface area contributed by atoms with Crippen molar-refractivity contribution in [2.75, 3.05) is 6.61 Å². The summed E-state index contributed by atoms with van der Waals surface area (Å²) in [7, 11) is -3.74. The normalized spacial score (nSPS) is 15.8. The van der Waals surface area contributed by atoms with Gasteiger partial charge in [0.25, 0.3) is 0 Å². The minimum Gasteiger partial charge on any atom is -0.490 e. The summed E-state index contributed by atoms with van der Waals surface area (Å²) in [6.45, 7) is 1.61. The van der Waals surface area contributed by atoms with Crippen LogP contribution in [0.3, 0.4) is 0 Å². The molecule has 0 aliphatic heterocycles. The Balaban J connectivity index is 1.72. The first-order chi connectivity index (χ1) is 13.9. The van der Waals surface area contributed by atoms with Crippen LogP contribution in [0, 0.1) is 11.3 Å². The van der Waals surface area contributed by atoms with Crippen molar-refractivity contribution in [3.63, 3.8) is 0 Å². The van der Waals surface area contributed by atoms with Gasteiger partial charge < -0.3 is 4.74 Å². The lowest BCUT2D eigenvalue weighted by atomic mass is 9.90. The van der Waals surface area contributed by atoms with E-state index in [4.69, 9.17) is 4.74 Å². The Morgan fingerprint density at radius 3 is 2.62 bits per heavy atom. The molecule has 0 bridgehead atoms. The zero-order chi connectivity index (χ0) is 20.9. The van der Waals surface area contributed by atoms with Gasteiger partial charge in [0.15, 0.2) is 11.3 Å². The lowest BCUT2D eigenvalue weighted by Crippen LogP contribution is -2.51. The lowest BCUT2D eigenvalue weighted by Gasteiger charge is -2.26.